The van der Waals surface area contributed by atoms with E-state index in [1.807, 2.05) is 19.9 Å². The Morgan fingerprint density at radius 3 is 2.59 bits per heavy atom. The van der Waals surface area contributed by atoms with Gasteiger partial charge in [-0.3, -0.25) is 4.98 Å². The predicted molar refractivity (Wildman–Crippen MR) is 81.1 cm³/mol. The molecule has 1 aromatic heterocycles. The zero-order valence-corrected chi connectivity index (χ0v) is 13.0. The van der Waals surface area contributed by atoms with Crippen molar-refractivity contribution in [1.82, 2.24) is 9.97 Å². The zero-order valence-electron chi connectivity index (χ0n) is 13.0. The lowest BCUT2D eigenvalue weighted by atomic mass is 10.1. The third-order valence-electron chi connectivity index (χ3n) is 2.86. The highest BCUT2D eigenvalue weighted by Gasteiger charge is 2.14. The average molecular weight is 302 g/mol. The summed E-state index contributed by atoms with van der Waals surface area (Å²) >= 11 is 0. The van der Waals surface area contributed by atoms with Gasteiger partial charge in [-0.1, -0.05) is 0 Å². The van der Waals surface area contributed by atoms with Crippen LogP contribution in [0.15, 0.2) is 30.6 Å². The predicted octanol–water partition coefficient (Wildman–Crippen LogP) is 2.73. The third kappa shape index (κ3) is 3.52. The Bertz CT molecular complexity index is 671. The van der Waals surface area contributed by atoms with Crippen LogP contribution in [0.2, 0.25) is 0 Å². The molecule has 6 heteroatoms. The molecule has 0 saturated carbocycles. The van der Waals surface area contributed by atoms with E-state index in [1.54, 1.807) is 25.4 Å². The minimum Gasteiger partial charge on any atom is -0.497 e. The van der Waals surface area contributed by atoms with Crippen LogP contribution < -0.4 is 9.47 Å². The molecule has 0 N–H and O–H groups in total. The topological polar surface area (TPSA) is 70.5 Å². The van der Waals surface area contributed by atoms with Gasteiger partial charge < -0.3 is 14.2 Å². The normalized spacial score (nSPS) is 10.4. The fraction of sp³-hybridized carbons (Fsp3) is 0.312. The summed E-state index contributed by atoms with van der Waals surface area (Å²) in [7, 11) is 2.89. The number of carbonyl (C=O) groups is 1. The van der Waals surface area contributed by atoms with Gasteiger partial charge in [0.1, 0.15) is 11.5 Å². The minimum atomic E-state index is -0.533. The Morgan fingerprint density at radius 1 is 1.18 bits per heavy atom. The van der Waals surface area contributed by atoms with E-state index in [0.717, 1.165) is 5.56 Å². The number of methoxy groups -OCH3 is 2. The molecule has 0 radical (unpaired) electrons. The maximum atomic E-state index is 11.6. The number of hydrogen-bond donors (Lipinski definition) is 0. The first-order chi connectivity index (χ1) is 10.5. The smallest absolute Gasteiger partial charge is 0.358 e. The van der Waals surface area contributed by atoms with Crippen molar-refractivity contribution >= 4 is 5.97 Å². The summed E-state index contributed by atoms with van der Waals surface area (Å²) in [6.45, 7) is 3.86. The molecule has 0 unspecified atom stereocenters. The molecule has 6 nitrogen and oxygen atoms in total. The van der Waals surface area contributed by atoms with E-state index in [1.165, 1.54) is 13.3 Å². The van der Waals surface area contributed by atoms with Crippen LogP contribution in [0.25, 0.3) is 11.3 Å². The molecular formula is C16H18N2O4. The minimum absolute atomic E-state index is 0.0115. The van der Waals surface area contributed by atoms with Crippen LogP contribution in [0.5, 0.6) is 11.5 Å². The molecule has 116 valence electrons. The fourth-order valence-electron chi connectivity index (χ4n) is 1.89. The Hall–Kier alpha value is -2.63. The first kappa shape index (κ1) is 15.8. The van der Waals surface area contributed by atoms with Crippen LogP contribution in [0.4, 0.5) is 0 Å². The molecule has 1 heterocycles. The van der Waals surface area contributed by atoms with Crippen molar-refractivity contribution < 1.29 is 19.0 Å². The van der Waals surface area contributed by atoms with Gasteiger partial charge in [0.25, 0.3) is 0 Å². The van der Waals surface area contributed by atoms with E-state index in [4.69, 9.17) is 9.47 Å². The monoisotopic (exact) mass is 302 g/mol. The van der Waals surface area contributed by atoms with E-state index in [9.17, 15) is 4.79 Å². The molecule has 0 spiro atoms. The third-order valence-corrected chi connectivity index (χ3v) is 2.86. The van der Waals surface area contributed by atoms with Gasteiger partial charge in [-0.25, -0.2) is 9.78 Å². The van der Waals surface area contributed by atoms with Gasteiger partial charge in [-0.2, -0.15) is 0 Å². The Labute approximate surface area is 129 Å². The standard InChI is InChI=1S/C16H18N2O4/c1-10(2)22-15-7-11(20-3)5-6-12(15)13-8-17-9-14(18-13)16(19)21-4/h5-10H,1-4H3. The van der Waals surface area contributed by atoms with Gasteiger partial charge in [-0.15, -0.1) is 0 Å². The first-order valence-electron chi connectivity index (χ1n) is 6.80. The highest BCUT2D eigenvalue weighted by atomic mass is 16.5. The lowest BCUT2D eigenvalue weighted by Gasteiger charge is -2.15. The van der Waals surface area contributed by atoms with E-state index in [2.05, 4.69) is 14.7 Å². The number of carbonyl (C=O) groups excluding carboxylic acids is 1. The van der Waals surface area contributed by atoms with E-state index in [-0.39, 0.29) is 11.8 Å². The maximum absolute atomic E-state index is 11.6. The molecule has 0 bridgehead atoms. The average Bonchev–Trinajstić information content (AvgIpc) is 2.53. The molecule has 0 aliphatic heterocycles. The second-order valence-corrected chi connectivity index (χ2v) is 4.81. The summed E-state index contributed by atoms with van der Waals surface area (Å²) in [6.07, 6.45) is 2.92. The van der Waals surface area contributed by atoms with Crippen LogP contribution in [0.3, 0.4) is 0 Å². The van der Waals surface area contributed by atoms with Crippen LogP contribution in [-0.4, -0.2) is 36.3 Å². The first-order valence-corrected chi connectivity index (χ1v) is 6.80. The molecular weight excluding hydrogens is 284 g/mol. The molecule has 0 fully saturated rings. The van der Waals surface area contributed by atoms with Gasteiger partial charge in [0.05, 0.1) is 38.4 Å². The Kier molecular flexibility index (Phi) is 4.93. The van der Waals surface area contributed by atoms with Crippen LogP contribution in [-0.2, 0) is 4.74 Å². The van der Waals surface area contributed by atoms with Crippen molar-refractivity contribution in [1.29, 1.82) is 0 Å². The lowest BCUT2D eigenvalue weighted by molar-refractivity contribution is 0.0593. The number of benzene rings is 1. The molecule has 2 rings (SSSR count). The van der Waals surface area contributed by atoms with Crippen molar-refractivity contribution in [3.05, 3.63) is 36.3 Å². The van der Waals surface area contributed by atoms with Gasteiger partial charge in [0.2, 0.25) is 0 Å². The molecule has 0 atom stereocenters. The number of rotatable bonds is 5. The summed E-state index contributed by atoms with van der Waals surface area (Å²) in [6, 6.07) is 5.40. The number of nitrogens with zero attached hydrogens (tertiary/aromatic N) is 2. The van der Waals surface area contributed by atoms with Gasteiger partial charge in [-0.05, 0) is 26.0 Å². The summed E-state index contributed by atoms with van der Waals surface area (Å²) < 4.78 is 15.7. The quantitative estimate of drug-likeness (QED) is 0.791. The van der Waals surface area contributed by atoms with Gasteiger partial charge in [0.15, 0.2) is 5.69 Å². The van der Waals surface area contributed by atoms with Crippen LogP contribution >= 0.6 is 0 Å². The largest absolute Gasteiger partial charge is 0.497 e. The molecule has 1 aromatic carbocycles. The molecule has 0 aliphatic carbocycles. The molecule has 2 aromatic rings. The van der Waals surface area contributed by atoms with Gasteiger partial charge >= 0.3 is 5.97 Å². The van der Waals surface area contributed by atoms with E-state index >= 15 is 0 Å². The van der Waals surface area contributed by atoms with Gasteiger partial charge in [0, 0.05) is 11.6 Å². The number of aromatic nitrogens is 2. The maximum Gasteiger partial charge on any atom is 0.358 e. The second kappa shape index (κ2) is 6.89. The highest BCUT2D eigenvalue weighted by molar-refractivity contribution is 5.87. The molecule has 0 saturated heterocycles. The van der Waals surface area contributed by atoms with Crippen molar-refractivity contribution in [3.63, 3.8) is 0 Å². The van der Waals surface area contributed by atoms with E-state index in [0.29, 0.717) is 17.2 Å². The van der Waals surface area contributed by atoms with Crippen molar-refractivity contribution in [2.24, 2.45) is 0 Å². The van der Waals surface area contributed by atoms with Crippen LogP contribution in [0, 0.1) is 0 Å². The van der Waals surface area contributed by atoms with Crippen LogP contribution in [0.1, 0.15) is 24.3 Å². The summed E-state index contributed by atoms with van der Waals surface area (Å²) in [5.41, 5.74) is 1.40. The van der Waals surface area contributed by atoms with E-state index < -0.39 is 5.97 Å². The highest BCUT2D eigenvalue weighted by Crippen LogP contribution is 2.33. The molecule has 22 heavy (non-hydrogen) atoms. The Balaban J connectivity index is 2.49. The number of hydrogen-bond acceptors (Lipinski definition) is 6. The molecule has 0 amide bonds. The fourth-order valence-corrected chi connectivity index (χ4v) is 1.89. The SMILES string of the molecule is COC(=O)c1cncc(-c2ccc(OC)cc2OC(C)C)n1. The second-order valence-electron chi connectivity index (χ2n) is 4.81. The number of esters is 1. The Morgan fingerprint density at radius 2 is 1.95 bits per heavy atom. The zero-order chi connectivity index (χ0) is 16.1. The summed E-state index contributed by atoms with van der Waals surface area (Å²) in [5.74, 6) is 0.760. The number of ether oxygens (including phenoxy) is 3. The summed E-state index contributed by atoms with van der Waals surface area (Å²) in [5, 5.41) is 0. The van der Waals surface area contributed by atoms with Crippen molar-refractivity contribution in [2.45, 2.75) is 20.0 Å². The summed E-state index contributed by atoms with van der Waals surface area (Å²) in [4.78, 5) is 19.9. The molecule has 0 aliphatic rings. The lowest BCUT2D eigenvalue weighted by Crippen LogP contribution is -2.08. The van der Waals surface area contributed by atoms with Crippen molar-refractivity contribution in [3.8, 4) is 22.8 Å². The van der Waals surface area contributed by atoms with Crippen molar-refractivity contribution in [2.75, 3.05) is 14.2 Å².